The summed E-state index contributed by atoms with van der Waals surface area (Å²) in [5.74, 6) is -0.00341. The van der Waals surface area contributed by atoms with Gasteiger partial charge in [-0.05, 0) is 5.92 Å². The lowest BCUT2D eigenvalue weighted by Gasteiger charge is -2.13. The van der Waals surface area contributed by atoms with Gasteiger partial charge in [-0.2, -0.15) is 5.10 Å². The second-order valence-corrected chi connectivity index (χ2v) is 6.96. The maximum atomic E-state index is 13.1. The van der Waals surface area contributed by atoms with E-state index in [1.54, 1.807) is 25.6 Å². The highest BCUT2D eigenvalue weighted by atomic mass is 16.2. The van der Waals surface area contributed by atoms with Crippen LogP contribution in [-0.2, 0) is 13.5 Å². The molecular formula is C19H23N9O2. The zero-order chi connectivity index (χ0) is 21.7. The van der Waals surface area contributed by atoms with Gasteiger partial charge in [0, 0.05) is 20.5 Å². The summed E-state index contributed by atoms with van der Waals surface area (Å²) in [6, 6.07) is 0. The highest BCUT2D eigenvalue weighted by Crippen LogP contribution is 2.21. The van der Waals surface area contributed by atoms with E-state index in [1.807, 2.05) is 13.8 Å². The van der Waals surface area contributed by atoms with Gasteiger partial charge in [-0.15, -0.1) is 0 Å². The van der Waals surface area contributed by atoms with Gasteiger partial charge in [-0.25, -0.2) is 19.9 Å². The van der Waals surface area contributed by atoms with Gasteiger partial charge in [-0.3, -0.25) is 14.3 Å². The average Bonchev–Trinajstić information content (AvgIpc) is 3.08. The lowest BCUT2D eigenvalue weighted by atomic mass is 10.1. The van der Waals surface area contributed by atoms with E-state index < -0.39 is 5.91 Å². The monoisotopic (exact) mass is 409 g/mol. The number of hydrogen-bond acceptors (Lipinski definition) is 8. The molecule has 0 aliphatic rings. The van der Waals surface area contributed by atoms with Crippen LogP contribution in [0.25, 0.3) is 0 Å². The van der Waals surface area contributed by atoms with Crippen LogP contribution >= 0.6 is 0 Å². The number of nitrogens with one attached hydrogen (secondary N) is 3. The van der Waals surface area contributed by atoms with Gasteiger partial charge >= 0.3 is 0 Å². The largest absolute Gasteiger partial charge is 0.354 e. The second kappa shape index (κ2) is 9.07. The summed E-state index contributed by atoms with van der Waals surface area (Å²) < 4.78 is 1.39. The van der Waals surface area contributed by atoms with E-state index >= 15 is 0 Å². The topological polar surface area (TPSA) is 140 Å². The average molecular weight is 409 g/mol. The summed E-state index contributed by atoms with van der Waals surface area (Å²) in [6.45, 7) is 4.09. The van der Waals surface area contributed by atoms with Crippen molar-refractivity contribution in [3.05, 3.63) is 48.3 Å². The van der Waals surface area contributed by atoms with Crippen molar-refractivity contribution < 1.29 is 9.59 Å². The number of anilines is 3. The van der Waals surface area contributed by atoms with Crippen molar-refractivity contribution in [2.24, 2.45) is 13.0 Å². The van der Waals surface area contributed by atoms with Crippen LogP contribution in [-0.4, -0.2) is 48.6 Å². The molecule has 11 nitrogen and oxygen atoms in total. The molecule has 3 rings (SSSR count). The van der Waals surface area contributed by atoms with E-state index in [9.17, 15) is 9.59 Å². The molecule has 0 spiro atoms. The summed E-state index contributed by atoms with van der Waals surface area (Å²) in [5, 5.41) is 12.4. The summed E-state index contributed by atoms with van der Waals surface area (Å²) >= 11 is 0. The first kappa shape index (κ1) is 20.8. The van der Waals surface area contributed by atoms with Gasteiger partial charge in [0.25, 0.3) is 11.8 Å². The van der Waals surface area contributed by atoms with Crippen LogP contribution < -0.4 is 16.0 Å². The third-order valence-electron chi connectivity index (χ3n) is 4.11. The highest BCUT2D eigenvalue weighted by Gasteiger charge is 2.21. The maximum absolute atomic E-state index is 13.1. The molecule has 0 aromatic carbocycles. The molecule has 2 amide bonds. The minimum Gasteiger partial charge on any atom is -0.354 e. The third kappa shape index (κ3) is 4.74. The molecule has 0 fully saturated rings. The third-order valence-corrected chi connectivity index (χ3v) is 4.11. The molecule has 3 heterocycles. The van der Waals surface area contributed by atoms with Crippen molar-refractivity contribution >= 4 is 28.9 Å². The molecule has 0 aliphatic heterocycles. The van der Waals surface area contributed by atoms with Crippen LogP contribution in [0, 0.1) is 5.92 Å². The number of amides is 2. The van der Waals surface area contributed by atoms with Crippen molar-refractivity contribution in [3.63, 3.8) is 0 Å². The molecule has 156 valence electrons. The number of aryl methyl sites for hydroxylation is 1. The zero-order valence-corrected chi connectivity index (χ0v) is 17.2. The summed E-state index contributed by atoms with van der Waals surface area (Å²) in [5.41, 5.74) is 1.61. The molecule has 11 heteroatoms. The SMILES string of the molecule is CNC(=O)c1c(NC(=O)c2nc(CC(C)C)ncc2Nc2cncnc2)cnn1C. The Kier molecular flexibility index (Phi) is 6.30. The zero-order valence-electron chi connectivity index (χ0n) is 17.2. The molecule has 0 aliphatic carbocycles. The van der Waals surface area contributed by atoms with Gasteiger partial charge in [0.05, 0.1) is 41.8 Å². The Balaban J connectivity index is 1.95. The Morgan fingerprint density at radius 3 is 2.47 bits per heavy atom. The first-order chi connectivity index (χ1) is 14.4. The van der Waals surface area contributed by atoms with E-state index in [0.717, 1.165) is 0 Å². The minimum absolute atomic E-state index is 0.135. The molecule has 0 unspecified atom stereocenters. The second-order valence-electron chi connectivity index (χ2n) is 6.96. The van der Waals surface area contributed by atoms with Crippen molar-refractivity contribution in [1.82, 2.24) is 35.0 Å². The van der Waals surface area contributed by atoms with E-state index in [0.29, 0.717) is 29.5 Å². The van der Waals surface area contributed by atoms with Crippen LogP contribution in [0.4, 0.5) is 17.1 Å². The first-order valence-corrected chi connectivity index (χ1v) is 9.32. The van der Waals surface area contributed by atoms with E-state index in [1.165, 1.54) is 24.3 Å². The van der Waals surface area contributed by atoms with E-state index in [4.69, 9.17) is 0 Å². The quantitative estimate of drug-likeness (QED) is 0.534. The fourth-order valence-electron chi connectivity index (χ4n) is 2.76. The van der Waals surface area contributed by atoms with Crippen molar-refractivity contribution in [2.75, 3.05) is 17.7 Å². The van der Waals surface area contributed by atoms with Gasteiger partial charge in [0.1, 0.15) is 17.8 Å². The Bertz CT molecular complexity index is 1050. The Hall–Kier alpha value is -3.89. The Morgan fingerprint density at radius 1 is 1.07 bits per heavy atom. The van der Waals surface area contributed by atoms with Crippen LogP contribution in [0.2, 0.25) is 0 Å². The van der Waals surface area contributed by atoms with E-state index in [2.05, 4.69) is 41.0 Å². The van der Waals surface area contributed by atoms with Gasteiger partial charge in [0.15, 0.2) is 5.69 Å². The van der Waals surface area contributed by atoms with Crippen molar-refractivity contribution in [1.29, 1.82) is 0 Å². The van der Waals surface area contributed by atoms with E-state index in [-0.39, 0.29) is 23.0 Å². The Labute approximate surface area is 173 Å². The molecular weight excluding hydrogens is 386 g/mol. The normalized spacial score (nSPS) is 10.7. The lowest BCUT2D eigenvalue weighted by molar-refractivity contribution is 0.0954. The lowest BCUT2D eigenvalue weighted by Crippen LogP contribution is -2.24. The predicted octanol–water partition coefficient (Wildman–Crippen LogP) is 1.55. The van der Waals surface area contributed by atoms with Gasteiger partial charge < -0.3 is 16.0 Å². The predicted molar refractivity (Wildman–Crippen MR) is 110 cm³/mol. The van der Waals surface area contributed by atoms with Crippen LogP contribution in [0.3, 0.4) is 0 Å². The molecule has 0 bridgehead atoms. The molecule has 3 aromatic rings. The molecule has 30 heavy (non-hydrogen) atoms. The molecule has 3 aromatic heterocycles. The highest BCUT2D eigenvalue weighted by molar-refractivity contribution is 6.09. The number of aromatic nitrogens is 6. The number of carbonyl (C=O) groups excluding carboxylic acids is 2. The number of hydrogen-bond donors (Lipinski definition) is 3. The van der Waals surface area contributed by atoms with Crippen LogP contribution in [0.5, 0.6) is 0 Å². The summed E-state index contributed by atoms with van der Waals surface area (Å²) in [6.07, 6.45) is 8.13. The van der Waals surface area contributed by atoms with Gasteiger partial charge in [-0.1, -0.05) is 13.8 Å². The summed E-state index contributed by atoms with van der Waals surface area (Å²) in [7, 11) is 3.13. The smallest absolute Gasteiger partial charge is 0.276 e. The molecule has 0 saturated heterocycles. The number of nitrogens with zero attached hydrogens (tertiary/aromatic N) is 6. The fraction of sp³-hybridized carbons (Fsp3) is 0.316. The standard InChI is InChI=1S/C19H23N9O2/c1-11(2)5-15-23-8-13(25-12-6-21-10-22-7-12)16(27-15)18(29)26-14-9-24-28(4)17(14)19(30)20-3/h6-11,25H,5H2,1-4H3,(H,20,30)(H,26,29). The first-order valence-electron chi connectivity index (χ1n) is 9.32. The molecule has 0 radical (unpaired) electrons. The van der Waals surface area contributed by atoms with Crippen LogP contribution in [0.15, 0.2) is 31.1 Å². The Morgan fingerprint density at radius 2 is 1.80 bits per heavy atom. The number of rotatable bonds is 7. The fourth-order valence-corrected chi connectivity index (χ4v) is 2.76. The van der Waals surface area contributed by atoms with Crippen molar-refractivity contribution in [2.45, 2.75) is 20.3 Å². The molecule has 3 N–H and O–H groups in total. The molecule has 0 atom stereocenters. The van der Waals surface area contributed by atoms with Crippen LogP contribution in [0.1, 0.15) is 40.6 Å². The minimum atomic E-state index is -0.500. The maximum Gasteiger partial charge on any atom is 0.276 e. The number of carbonyl (C=O) groups is 2. The molecule has 0 saturated carbocycles. The van der Waals surface area contributed by atoms with Gasteiger partial charge in [0.2, 0.25) is 0 Å². The summed E-state index contributed by atoms with van der Waals surface area (Å²) in [4.78, 5) is 41.9. The van der Waals surface area contributed by atoms with Crippen molar-refractivity contribution in [3.8, 4) is 0 Å².